The van der Waals surface area contributed by atoms with Crippen molar-refractivity contribution < 1.29 is 0 Å². The van der Waals surface area contributed by atoms with Crippen LogP contribution < -0.4 is 5.32 Å². The summed E-state index contributed by atoms with van der Waals surface area (Å²) in [6, 6.07) is 0.759. The Morgan fingerprint density at radius 3 is 2.53 bits per heavy atom. The largest absolute Gasteiger partial charge is 0.313 e. The molecule has 88 valence electrons. The third kappa shape index (κ3) is 3.67. The van der Waals surface area contributed by atoms with Crippen LogP contribution in [0.4, 0.5) is 0 Å². The third-order valence-corrected chi connectivity index (χ3v) is 5.45. The number of hydrogen-bond acceptors (Lipinski definition) is 2. The zero-order valence-corrected chi connectivity index (χ0v) is 10.8. The lowest BCUT2D eigenvalue weighted by molar-refractivity contribution is 0.379. The molecule has 0 spiro atoms. The molecule has 2 heteroatoms. The summed E-state index contributed by atoms with van der Waals surface area (Å²) < 4.78 is 0. The molecule has 0 radical (unpaired) electrons. The van der Waals surface area contributed by atoms with E-state index in [0.717, 1.165) is 17.2 Å². The molecule has 0 aromatic carbocycles. The van der Waals surface area contributed by atoms with Crippen molar-refractivity contribution in [3.8, 4) is 0 Å². The van der Waals surface area contributed by atoms with Crippen LogP contribution in [0.2, 0.25) is 0 Å². The van der Waals surface area contributed by atoms with Crippen molar-refractivity contribution in [1.29, 1.82) is 0 Å². The molecule has 1 saturated heterocycles. The minimum absolute atomic E-state index is 0.759. The van der Waals surface area contributed by atoms with Crippen LogP contribution >= 0.6 is 11.8 Å². The van der Waals surface area contributed by atoms with Crippen LogP contribution in [0.25, 0.3) is 0 Å². The highest BCUT2D eigenvalue weighted by molar-refractivity contribution is 7.99. The first kappa shape index (κ1) is 11.8. The van der Waals surface area contributed by atoms with Crippen LogP contribution in [0.3, 0.4) is 0 Å². The molecular formula is C13H25NS. The second kappa shape index (κ2) is 6.15. The van der Waals surface area contributed by atoms with Crippen LogP contribution in [-0.2, 0) is 0 Å². The molecule has 1 aliphatic carbocycles. The van der Waals surface area contributed by atoms with E-state index < -0.39 is 0 Å². The second-order valence-electron chi connectivity index (χ2n) is 5.23. The Kier molecular flexibility index (Phi) is 4.83. The molecule has 1 N–H and O–H groups in total. The van der Waals surface area contributed by atoms with Gasteiger partial charge < -0.3 is 5.32 Å². The van der Waals surface area contributed by atoms with Crippen molar-refractivity contribution in [2.75, 3.05) is 12.3 Å². The average molecular weight is 227 g/mol. The average Bonchev–Trinajstić information content (AvgIpc) is 2.81. The summed E-state index contributed by atoms with van der Waals surface area (Å²) in [6.45, 7) is 3.64. The van der Waals surface area contributed by atoms with E-state index in [1.165, 1.54) is 57.2 Å². The summed E-state index contributed by atoms with van der Waals surface area (Å²) in [6.07, 6.45) is 10.2. The summed E-state index contributed by atoms with van der Waals surface area (Å²) in [5, 5.41) is 4.68. The monoisotopic (exact) mass is 227 g/mol. The number of thioether (sulfide) groups is 1. The fourth-order valence-corrected chi connectivity index (χ4v) is 4.16. The van der Waals surface area contributed by atoms with Crippen molar-refractivity contribution in [3.63, 3.8) is 0 Å². The quantitative estimate of drug-likeness (QED) is 0.789. The van der Waals surface area contributed by atoms with Gasteiger partial charge >= 0.3 is 0 Å². The van der Waals surface area contributed by atoms with Crippen molar-refractivity contribution in [3.05, 3.63) is 0 Å². The molecular weight excluding hydrogens is 202 g/mol. The van der Waals surface area contributed by atoms with Gasteiger partial charge in [0.25, 0.3) is 0 Å². The normalized spacial score (nSPS) is 30.6. The fourth-order valence-electron chi connectivity index (χ4n) is 2.91. The zero-order chi connectivity index (χ0) is 10.5. The first-order valence-corrected chi connectivity index (χ1v) is 7.76. The summed E-state index contributed by atoms with van der Waals surface area (Å²) in [4.78, 5) is 0. The summed E-state index contributed by atoms with van der Waals surface area (Å²) in [5.41, 5.74) is 0. The van der Waals surface area contributed by atoms with Gasteiger partial charge in [-0.05, 0) is 44.3 Å². The molecule has 1 aliphatic heterocycles. The predicted molar refractivity (Wildman–Crippen MR) is 69.5 cm³/mol. The van der Waals surface area contributed by atoms with E-state index in [1.54, 1.807) is 0 Å². The Morgan fingerprint density at radius 2 is 1.87 bits per heavy atom. The van der Waals surface area contributed by atoms with Crippen LogP contribution in [0.15, 0.2) is 0 Å². The zero-order valence-electron chi connectivity index (χ0n) is 10.0. The van der Waals surface area contributed by atoms with Gasteiger partial charge in [0.05, 0.1) is 0 Å². The number of nitrogens with one attached hydrogen (secondary N) is 1. The van der Waals surface area contributed by atoms with Crippen LogP contribution in [0.1, 0.15) is 51.9 Å². The summed E-state index contributed by atoms with van der Waals surface area (Å²) >= 11 is 2.19. The van der Waals surface area contributed by atoms with Gasteiger partial charge in [0.2, 0.25) is 0 Å². The van der Waals surface area contributed by atoms with Crippen molar-refractivity contribution in [1.82, 2.24) is 5.32 Å². The lowest BCUT2D eigenvalue weighted by atomic mass is 10.00. The molecule has 1 saturated carbocycles. The highest BCUT2D eigenvalue weighted by atomic mass is 32.2. The van der Waals surface area contributed by atoms with Crippen LogP contribution in [0.5, 0.6) is 0 Å². The van der Waals surface area contributed by atoms with Gasteiger partial charge in [0, 0.05) is 17.8 Å². The van der Waals surface area contributed by atoms with Gasteiger partial charge in [-0.1, -0.05) is 19.3 Å². The lowest BCUT2D eigenvalue weighted by Gasteiger charge is -2.26. The molecule has 0 aromatic rings. The van der Waals surface area contributed by atoms with E-state index >= 15 is 0 Å². The van der Waals surface area contributed by atoms with E-state index in [0.29, 0.717) is 0 Å². The lowest BCUT2D eigenvalue weighted by Crippen LogP contribution is -2.37. The van der Waals surface area contributed by atoms with Crippen molar-refractivity contribution in [2.45, 2.75) is 63.2 Å². The maximum absolute atomic E-state index is 3.77. The van der Waals surface area contributed by atoms with Gasteiger partial charge in [-0.25, -0.2) is 0 Å². The highest BCUT2D eigenvalue weighted by Crippen LogP contribution is 2.28. The molecule has 1 heterocycles. The second-order valence-corrected chi connectivity index (χ2v) is 6.64. The topological polar surface area (TPSA) is 12.0 Å². The van der Waals surface area contributed by atoms with Gasteiger partial charge in [-0.2, -0.15) is 11.8 Å². The number of hydrogen-bond donors (Lipinski definition) is 1. The minimum atomic E-state index is 0.759. The maximum Gasteiger partial charge on any atom is 0.0172 e. The molecule has 0 aromatic heterocycles. The summed E-state index contributed by atoms with van der Waals surface area (Å²) in [7, 11) is 0. The fraction of sp³-hybridized carbons (Fsp3) is 1.00. The Hall–Kier alpha value is 0.310. The summed E-state index contributed by atoms with van der Waals surface area (Å²) in [5.74, 6) is 2.36. The first-order chi connectivity index (χ1) is 7.36. The number of rotatable bonds is 4. The maximum atomic E-state index is 3.77. The van der Waals surface area contributed by atoms with Crippen molar-refractivity contribution in [2.24, 2.45) is 5.92 Å². The first-order valence-electron chi connectivity index (χ1n) is 6.71. The Bertz CT molecular complexity index is 171. The van der Waals surface area contributed by atoms with E-state index in [1.807, 2.05) is 0 Å². The molecule has 2 fully saturated rings. The van der Waals surface area contributed by atoms with Gasteiger partial charge in [-0.15, -0.1) is 0 Å². The van der Waals surface area contributed by atoms with Crippen LogP contribution in [-0.4, -0.2) is 23.6 Å². The SMILES string of the molecule is CC(NCC1CCCCS1)C1CCCC1. The molecule has 0 amide bonds. The Labute approximate surface area is 98.8 Å². The van der Waals surface area contributed by atoms with E-state index in [2.05, 4.69) is 24.0 Å². The molecule has 2 unspecified atom stereocenters. The molecule has 1 nitrogen and oxygen atoms in total. The smallest absolute Gasteiger partial charge is 0.0172 e. The standard InChI is InChI=1S/C13H25NS/c1-11(12-6-2-3-7-12)14-10-13-8-4-5-9-15-13/h11-14H,2-10H2,1H3. The predicted octanol–water partition coefficient (Wildman–Crippen LogP) is 3.44. The molecule has 2 rings (SSSR count). The molecule has 15 heavy (non-hydrogen) atoms. The molecule has 2 aliphatic rings. The van der Waals surface area contributed by atoms with Crippen molar-refractivity contribution >= 4 is 11.8 Å². The molecule has 0 bridgehead atoms. The Balaban J connectivity index is 1.63. The third-order valence-electron chi connectivity index (χ3n) is 4.05. The van der Waals surface area contributed by atoms with Gasteiger partial charge in [0.1, 0.15) is 0 Å². The van der Waals surface area contributed by atoms with Crippen LogP contribution in [0, 0.1) is 5.92 Å². The van der Waals surface area contributed by atoms with E-state index in [9.17, 15) is 0 Å². The molecule has 2 atom stereocenters. The Morgan fingerprint density at radius 1 is 1.13 bits per heavy atom. The minimum Gasteiger partial charge on any atom is -0.313 e. The van der Waals surface area contributed by atoms with Gasteiger partial charge in [0.15, 0.2) is 0 Å². The van der Waals surface area contributed by atoms with E-state index in [4.69, 9.17) is 0 Å². The van der Waals surface area contributed by atoms with Gasteiger partial charge in [-0.3, -0.25) is 0 Å². The highest BCUT2D eigenvalue weighted by Gasteiger charge is 2.22. The van der Waals surface area contributed by atoms with E-state index in [-0.39, 0.29) is 0 Å².